The predicted molar refractivity (Wildman–Crippen MR) is 77.6 cm³/mol. The molecule has 1 atom stereocenters. The Kier molecular flexibility index (Phi) is 7.11. The Morgan fingerprint density at radius 2 is 2.21 bits per heavy atom. The summed E-state index contributed by atoms with van der Waals surface area (Å²) in [5.41, 5.74) is 6.70. The van der Waals surface area contributed by atoms with E-state index >= 15 is 0 Å². The number of nitrogens with one attached hydrogen (secondary N) is 1. The van der Waals surface area contributed by atoms with Crippen LogP contribution in [0.2, 0.25) is 0 Å². The monoisotopic (exact) mass is 263 g/mol. The van der Waals surface area contributed by atoms with E-state index in [4.69, 9.17) is 5.73 Å². The molecule has 1 aromatic rings. The molecule has 19 heavy (non-hydrogen) atoms. The van der Waals surface area contributed by atoms with E-state index in [1.54, 1.807) is 6.20 Å². The van der Waals surface area contributed by atoms with E-state index in [1.807, 2.05) is 18.2 Å². The van der Waals surface area contributed by atoms with E-state index in [0.29, 0.717) is 25.4 Å². The maximum absolute atomic E-state index is 11.8. The van der Waals surface area contributed by atoms with Crippen LogP contribution in [0, 0.1) is 11.8 Å². The zero-order chi connectivity index (χ0) is 14.1. The average molecular weight is 263 g/mol. The molecular weight excluding hydrogens is 238 g/mol. The number of carbonyl (C=O) groups is 1. The molecule has 4 heteroatoms. The Hall–Kier alpha value is -1.42. The molecule has 0 radical (unpaired) electrons. The zero-order valence-electron chi connectivity index (χ0n) is 11.9. The highest BCUT2D eigenvalue weighted by Crippen LogP contribution is 2.13. The molecule has 0 unspecified atom stereocenters. The molecule has 0 aromatic carbocycles. The van der Waals surface area contributed by atoms with Crippen molar-refractivity contribution < 1.29 is 4.79 Å². The molecular formula is C15H25N3O. The molecule has 0 saturated carbocycles. The van der Waals surface area contributed by atoms with Gasteiger partial charge < -0.3 is 11.1 Å². The molecule has 1 amide bonds. The first-order chi connectivity index (χ1) is 9.11. The smallest absolute Gasteiger partial charge is 0.220 e. The highest BCUT2D eigenvalue weighted by molar-refractivity contribution is 5.76. The summed E-state index contributed by atoms with van der Waals surface area (Å²) in [6.07, 6.45) is 4.06. The Morgan fingerprint density at radius 3 is 2.79 bits per heavy atom. The third-order valence-corrected chi connectivity index (χ3v) is 3.04. The molecule has 0 saturated heterocycles. The first kappa shape index (κ1) is 15.6. The normalized spacial score (nSPS) is 12.4. The number of carbonyl (C=O) groups excluding carboxylic acids is 1. The second-order valence-electron chi connectivity index (χ2n) is 5.36. The van der Waals surface area contributed by atoms with Crippen LogP contribution in [0.25, 0.3) is 0 Å². The van der Waals surface area contributed by atoms with Gasteiger partial charge in [-0.1, -0.05) is 19.9 Å². The number of amides is 1. The van der Waals surface area contributed by atoms with Crippen molar-refractivity contribution in [2.45, 2.75) is 33.1 Å². The standard InChI is InChI=1S/C15H25N3O/c1-12(2)9-13(11-16)10-15(19)18-8-6-14-5-3-4-7-17-14/h3-5,7,12-13H,6,8-11,16H2,1-2H3,(H,18,19)/t13-/m0/s1. The second-order valence-corrected chi connectivity index (χ2v) is 5.36. The lowest BCUT2D eigenvalue weighted by Crippen LogP contribution is -2.30. The van der Waals surface area contributed by atoms with Crippen LogP contribution in [-0.2, 0) is 11.2 Å². The van der Waals surface area contributed by atoms with Crippen LogP contribution < -0.4 is 11.1 Å². The minimum atomic E-state index is 0.0898. The van der Waals surface area contributed by atoms with Crippen molar-refractivity contribution in [3.05, 3.63) is 30.1 Å². The van der Waals surface area contributed by atoms with E-state index in [1.165, 1.54) is 0 Å². The van der Waals surface area contributed by atoms with E-state index < -0.39 is 0 Å². The van der Waals surface area contributed by atoms with Gasteiger partial charge in [0.1, 0.15) is 0 Å². The first-order valence-electron chi connectivity index (χ1n) is 6.98. The number of nitrogens with zero attached hydrogens (tertiary/aromatic N) is 1. The van der Waals surface area contributed by atoms with Crippen molar-refractivity contribution in [1.82, 2.24) is 10.3 Å². The number of hydrogen-bond donors (Lipinski definition) is 2. The Morgan fingerprint density at radius 1 is 1.42 bits per heavy atom. The second kappa shape index (κ2) is 8.64. The lowest BCUT2D eigenvalue weighted by Gasteiger charge is -2.16. The van der Waals surface area contributed by atoms with Crippen molar-refractivity contribution in [3.8, 4) is 0 Å². The summed E-state index contributed by atoms with van der Waals surface area (Å²) in [7, 11) is 0. The third kappa shape index (κ3) is 6.91. The summed E-state index contributed by atoms with van der Waals surface area (Å²) < 4.78 is 0. The molecule has 0 fully saturated rings. The van der Waals surface area contributed by atoms with Gasteiger partial charge in [-0.15, -0.1) is 0 Å². The third-order valence-electron chi connectivity index (χ3n) is 3.04. The van der Waals surface area contributed by atoms with Crippen molar-refractivity contribution in [1.29, 1.82) is 0 Å². The summed E-state index contributed by atoms with van der Waals surface area (Å²) >= 11 is 0. The van der Waals surface area contributed by atoms with E-state index in [2.05, 4.69) is 24.1 Å². The fourth-order valence-electron chi connectivity index (χ4n) is 2.14. The molecule has 1 aromatic heterocycles. The maximum Gasteiger partial charge on any atom is 0.220 e. The number of hydrogen-bond acceptors (Lipinski definition) is 3. The van der Waals surface area contributed by atoms with Gasteiger partial charge in [-0.3, -0.25) is 9.78 Å². The minimum Gasteiger partial charge on any atom is -0.356 e. The SMILES string of the molecule is CC(C)C[C@H](CN)CC(=O)NCCc1ccccn1. The molecule has 0 aliphatic rings. The van der Waals surface area contributed by atoms with Crippen molar-refractivity contribution >= 4 is 5.91 Å². The Bertz CT molecular complexity index is 365. The van der Waals surface area contributed by atoms with Crippen LogP contribution in [0.3, 0.4) is 0 Å². The van der Waals surface area contributed by atoms with Crippen LogP contribution >= 0.6 is 0 Å². The molecule has 1 heterocycles. The van der Waals surface area contributed by atoms with Gasteiger partial charge in [-0.05, 0) is 36.9 Å². The maximum atomic E-state index is 11.8. The summed E-state index contributed by atoms with van der Waals surface area (Å²) in [6.45, 7) is 5.52. The quantitative estimate of drug-likeness (QED) is 0.751. The van der Waals surface area contributed by atoms with Gasteiger partial charge in [0.25, 0.3) is 0 Å². The molecule has 0 aliphatic heterocycles. The Labute approximate surface area is 115 Å². The van der Waals surface area contributed by atoms with Gasteiger partial charge in [0.15, 0.2) is 0 Å². The molecule has 106 valence electrons. The lowest BCUT2D eigenvalue weighted by atomic mass is 9.94. The topological polar surface area (TPSA) is 68.0 Å². The predicted octanol–water partition coefficient (Wildman–Crippen LogP) is 1.75. The van der Waals surface area contributed by atoms with Gasteiger partial charge in [0.2, 0.25) is 5.91 Å². The van der Waals surface area contributed by atoms with Gasteiger partial charge in [0.05, 0.1) is 0 Å². The van der Waals surface area contributed by atoms with E-state index in [9.17, 15) is 4.79 Å². The summed E-state index contributed by atoms with van der Waals surface area (Å²) in [5.74, 6) is 0.955. The zero-order valence-corrected chi connectivity index (χ0v) is 11.9. The Balaban J connectivity index is 2.23. The highest BCUT2D eigenvalue weighted by Gasteiger charge is 2.13. The summed E-state index contributed by atoms with van der Waals surface area (Å²) in [6, 6.07) is 5.81. The van der Waals surface area contributed by atoms with Crippen molar-refractivity contribution in [2.24, 2.45) is 17.6 Å². The number of pyridine rings is 1. The average Bonchev–Trinajstić information content (AvgIpc) is 2.38. The van der Waals surface area contributed by atoms with E-state index in [0.717, 1.165) is 18.5 Å². The van der Waals surface area contributed by atoms with Crippen LogP contribution in [0.4, 0.5) is 0 Å². The lowest BCUT2D eigenvalue weighted by molar-refractivity contribution is -0.122. The van der Waals surface area contributed by atoms with Crippen LogP contribution in [-0.4, -0.2) is 24.0 Å². The van der Waals surface area contributed by atoms with Crippen molar-refractivity contribution in [3.63, 3.8) is 0 Å². The van der Waals surface area contributed by atoms with Gasteiger partial charge in [-0.25, -0.2) is 0 Å². The van der Waals surface area contributed by atoms with Crippen LogP contribution in [0.1, 0.15) is 32.4 Å². The van der Waals surface area contributed by atoms with Crippen molar-refractivity contribution in [2.75, 3.05) is 13.1 Å². The molecule has 4 nitrogen and oxygen atoms in total. The molecule has 0 aliphatic carbocycles. The molecule has 3 N–H and O–H groups in total. The summed E-state index contributed by atoms with van der Waals surface area (Å²) in [4.78, 5) is 16.0. The number of rotatable bonds is 8. The highest BCUT2D eigenvalue weighted by atomic mass is 16.1. The summed E-state index contributed by atoms with van der Waals surface area (Å²) in [5, 5.41) is 2.93. The number of aromatic nitrogens is 1. The van der Waals surface area contributed by atoms with E-state index in [-0.39, 0.29) is 11.8 Å². The van der Waals surface area contributed by atoms with Gasteiger partial charge in [-0.2, -0.15) is 0 Å². The molecule has 0 spiro atoms. The largest absolute Gasteiger partial charge is 0.356 e. The van der Waals surface area contributed by atoms with Gasteiger partial charge in [0, 0.05) is 31.3 Å². The minimum absolute atomic E-state index is 0.0898. The molecule has 0 bridgehead atoms. The fraction of sp³-hybridized carbons (Fsp3) is 0.600. The van der Waals surface area contributed by atoms with Gasteiger partial charge >= 0.3 is 0 Å². The van der Waals surface area contributed by atoms with Crippen LogP contribution in [0.5, 0.6) is 0 Å². The van der Waals surface area contributed by atoms with Crippen LogP contribution in [0.15, 0.2) is 24.4 Å². The molecule has 1 rings (SSSR count). The number of nitrogens with two attached hydrogens (primary N) is 1. The first-order valence-corrected chi connectivity index (χ1v) is 6.98. The fourth-order valence-corrected chi connectivity index (χ4v) is 2.14.